The second kappa shape index (κ2) is 7.29. The van der Waals surface area contributed by atoms with Crippen molar-refractivity contribution in [2.24, 2.45) is 0 Å². The average Bonchev–Trinajstić information content (AvgIpc) is 2.84. The smallest absolute Gasteiger partial charge is 0.329 e. The number of imide groups is 1. The van der Waals surface area contributed by atoms with E-state index in [1.807, 2.05) is 37.2 Å². The molecule has 3 rings (SSSR count). The minimum atomic E-state index is -0.491. The first kappa shape index (κ1) is 18.1. The first-order chi connectivity index (χ1) is 12.3. The number of rotatable bonds is 4. The Balaban J connectivity index is 1.80. The molecular weight excluding hydrogens is 401 g/mol. The number of nitrogens with zero attached hydrogens (tertiary/aromatic N) is 2. The fourth-order valence-corrected chi connectivity index (χ4v) is 3.38. The zero-order valence-electron chi connectivity index (χ0n) is 14.3. The molecule has 0 radical (unpaired) electrons. The SMILES string of the molecule is CN(C)c1ccc(/C=C2/NC(=O)N(Cc3ccc(F)cc3)C2=O)cc1Br. The fourth-order valence-electron chi connectivity index (χ4n) is 2.63. The second-order valence-corrected chi connectivity index (χ2v) is 6.97. The lowest BCUT2D eigenvalue weighted by Gasteiger charge is -2.14. The van der Waals surface area contributed by atoms with Gasteiger partial charge in [0.2, 0.25) is 0 Å². The van der Waals surface area contributed by atoms with Gasteiger partial charge in [-0.2, -0.15) is 0 Å². The molecule has 26 heavy (non-hydrogen) atoms. The van der Waals surface area contributed by atoms with E-state index >= 15 is 0 Å². The van der Waals surface area contributed by atoms with Crippen LogP contribution in [0.4, 0.5) is 14.9 Å². The van der Waals surface area contributed by atoms with Crippen LogP contribution in [0.5, 0.6) is 0 Å². The molecule has 0 bridgehead atoms. The average molecular weight is 418 g/mol. The molecule has 2 aromatic rings. The fraction of sp³-hybridized carbons (Fsp3) is 0.158. The number of anilines is 1. The van der Waals surface area contributed by atoms with E-state index in [9.17, 15) is 14.0 Å². The molecule has 0 aliphatic carbocycles. The number of amides is 3. The molecule has 0 unspecified atom stereocenters. The number of nitrogens with one attached hydrogen (secondary N) is 1. The van der Waals surface area contributed by atoms with Crippen molar-refractivity contribution in [3.05, 3.63) is 69.6 Å². The number of carbonyl (C=O) groups excluding carboxylic acids is 2. The predicted molar refractivity (Wildman–Crippen MR) is 102 cm³/mol. The van der Waals surface area contributed by atoms with Gasteiger partial charge >= 0.3 is 6.03 Å². The van der Waals surface area contributed by atoms with Crippen molar-refractivity contribution < 1.29 is 14.0 Å². The lowest BCUT2D eigenvalue weighted by Crippen LogP contribution is -2.30. The molecule has 0 spiro atoms. The van der Waals surface area contributed by atoms with Crippen LogP contribution in [0.3, 0.4) is 0 Å². The van der Waals surface area contributed by atoms with Crippen LogP contribution < -0.4 is 10.2 Å². The Morgan fingerprint density at radius 1 is 1.15 bits per heavy atom. The van der Waals surface area contributed by atoms with E-state index in [-0.39, 0.29) is 18.1 Å². The number of hydrogen-bond donors (Lipinski definition) is 1. The van der Waals surface area contributed by atoms with Gasteiger partial charge in [-0.05, 0) is 57.4 Å². The summed E-state index contributed by atoms with van der Waals surface area (Å²) in [5, 5.41) is 2.59. The maximum atomic E-state index is 13.0. The van der Waals surface area contributed by atoms with Gasteiger partial charge in [0.1, 0.15) is 11.5 Å². The molecule has 1 aliphatic heterocycles. The monoisotopic (exact) mass is 417 g/mol. The summed E-state index contributed by atoms with van der Waals surface area (Å²) >= 11 is 3.50. The summed E-state index contributed by atoms with van der Waals surface area (Å²) in [4.78, 5) is 27.7. The highest BCUT2D eigenvalue weighted by Gasteiger charge is 2.33. The zero-order chi connectivity index (χ0) is 18.8. The third-order valence-electron chi connectivity index (χ3n) is 3.98. The number of carbonyl (C=O) groups is 2. The van der Waals surface area contributed by atoms with Crippen molar-refractivity contribution in [2.75, 3.05) is 19.0 Å². The highest BCUT2D eigenvalue weighted by Crippen LogP contribution is 2.27. The van der Waals surface area contributed by atoms with Crippen molar-refractivity contribution >= 4 is 39.6 Å². The molecule has 0 atom stereocenters. The summed E-state index contributed by atoms with van der Waals surface area (Å²) in [6.07, 6.45) is 1.63. The maximum Gasteiger partial charge on any atom is 0.329 e. The molecule has 0 aromatic heterocycles. The van der Waals surface area contributed by atoms with Crippen molar-refractivity contribution in [2.45, 2.75) is 6.54 Å². The van der Waals surface area contributed by atoms with Crippen LogP contribution in [0.2, 0.25) is 0 Å². The lowest BCUT2D eigenvalue weighted by molar-refractivity contribution is -0.123. The number of benzene rings is 2. The molecule has 7 heteroatoms. The van der Waals surface area contributed by atoms with Crippen LogP contribution in [0, 0.1) is 5.82 Å². The van der Waals surface area contributed by atoms with Gasteiger partial charge < -0.3 is 10.2 Å². The van der Waals surface area contributed by atoms with Gasteiger partial charge in [0.25, 0.3) is 5.91 Å². The van der Waals surface area contributed by atoms with Gasteiger partial charge in [0.05, 0.1) is 12.2 Å². The van der Waals surface area contributed by atoms with Gasteiger partial charge in [0, 0.05) is 18.6 Å². The molecule has 3 amide bonds. The minimum Gasteiger partial charge on any atom is -0.377 e. The topological polar surface area (TPSA) is 52.7 Å². The predicted octanol–water partition coefficient (Wildman–Crippen LogP) is 3.75. The van der Waals surface area contributed by atoms with E-state index in [2.05, 4.69) is 21.2 Å². The lowest BCUT2D eigenvalue weighted by atomic mass is 10.1. The van der Waals surface area contributed by atoms with Gasteiger partial charge in [0.15, 0.2) is 0 Å². The van der Waals surface area contributed by atoms with Crippen LogP contribution in [-0.2, 0) is 11.3 Å². The van der Waals surface area contributed by atoms with Crippen LogP contribution in [0.1, 0.15) is 11.1 Å². The van der Waals surface area contributed by atoms with Gasteiger partial charge in [-0.1, -0.05) is 18.2 Å². The molecular formula is C19H17BrFN3O2. The Labute approximate surface area is 159 Å². The Kier molecular flexibility index (Phi) is 5.08. The highest BCUT2D eigenvalue weighted by molar-refractivity contribution is 9.10. The quantitative estimate of drug-likeness (QED) is 0.608. The minimum absolute atomic E-state index is 0.0888. The van der Waals surface area contributed by atoms with Crippen LogP contribution in [0.15, 0.2) is 52.6 Å². The first-order valence-electron chi connectivity index (χ1n) is 7.91. The number of halogens is 2. The molecule has 1 fully saturated rings. The normalized spacial score (nSPS) is 15.5. The molecule has 2 aromatic carbocycles. The van der Waals surface area contributed by atoms with Crippen molar-refractivity contribution in [3.8, 4) is 0 Å². The van der Waals surface area contributed by atoms with Crippen LogP contribution in [0.25, 0.3) is 6.08 Å². The Bertz CT molecular complexity index is 894. The van der Waals surface area contributed by atoms with Gasteiger partial charge in [-0.25, -0.2) is 9.18 Å². The molecule has 1 N–H and O–H groups in total. The van der Waals surface area contributed by atoms with Crippen molar-refractivity contribution in [1.29, 1.82) is 0 Å². The van der Waals surface area contributed by atoms with Crippen molar-refractivity contribution in [3.63, 3.8) is 0 Å². The largest absolute Gasteiger partial charge is 0.377 e. The molecule has 1 saturated heterocycles. The molecule has 1 aliphatic rings. The summed E-state index contributed by atoms with van der Waals surface area (Å²) < 4.78 is 13.9. The van der Waals surface area contributed by atoms with Gasteiger partial charge in [-0.3, -0.25) is 9.69 Å². The summed E-state index contributed by atoms with van der Waals surface area (Å²) in [6.45, 7) is 0.0888. The third kappa shape index (κ3) is 3.77. The van der Waals surface area contributed by atoms with Gasteiger partial charge in [-0.15, -0.1) is 0 Å². The summed E-state index contributed by atoms with van der Waals surface area (Å²) in [5.74, 6) is -0.773. The first-order valence-corrected chi connectivity index (χ1v) is 8.70. The summed E-state index contributed by atoms with van der Waals surface area (Å²) in [7, 11) is 3.87. The second-order valence-electron chi connectivity index (χ2n) is 6.11. The molecule has 5 nitrogen and oxygen atoms in total. The van der Waals surface area contributed by atoms with E-state index in [1.54, 1.807) is 18.2 Å². The van der Waals surface area contributed by atoms with Crippen molar-refractivity contribution in [1.82, 2.24) is 10.2 Å². The highest BCUT2D eigenvalue weighted by atomic mass is 79.9. The third-order valence-corrected chi connectivity index (χ3v) is 4.62. The van der Waals surface area contributed by atoms with E-state index in [4.69, 9.17) is 0 Å². The Hall–Kier alpha value is -2.67. The maximum absolute atomic E-state index is 13.0. The van der Waals surface area contributed by atoms with E-state index in [1.165, 1.54) is 12.1 Å². The molecule has 1 heterocycles. The summed E-state index contributed by atoms with van der Waals surface area (Å²) in [5.41, 5.74) is 2.68. The van der Waals surface area contributed by atoms with Crippen LogP contribution >= 0.6 is 15.9 Å². The summed E-state index contributed by atoms with van der Waals surface area (Å²) in [6, 6.07) is 10.9. The number of urea groups is 1. The van der Waals surface area contributed by atoms with Crippen LogP contribution in [-0.4, -0.2) is 30.9 Å². The van der Waals surface area contributed by atoms with E-state index < -0.39 is 11.9 Å². The Morgan fingerprint density at radius 2 is 1.85 bits per heavy atom. The molecule has 134 valence electrons. The van der Waals surface area contributed by atoms with E-state index in [0.29, 0.717) is 5.56 Å². The standard InChI is InChI=1S/C19H17BrFN3O2/c1-23(2)17-8-5-13(9-15(17)20)10-16-18(25)24(19(26)22-16)11-12-3-6-14(21)7-4-12/h3-10H,11H2,1-2H3,(H,22,26)/b16-10+. The zero-order valence-corrected chi connectivity index (χ0v) is 15.9. The Morgan fingerprint density at radius 3 is 2.46 bits per heavy atom. The number of hydrogen-bond acceptors (Lipinski definition) is 3. The molecule has 0 saturated carbocycles. The van der Waals surface area contributed by atoms with E-state index in [0.717, 1.165) is 20.6 Å².